The van der Waals surface area contributed by atoms with Gasteiger partial charge in [0.25, 0.3) is 0 Å². The summed E-state index contributed by atoms with van der Waals surface area (Å²) in [5.74, 6) is 0.876. The Morgan fingerprint density at radius 1 is 1.10 bits per heavy atom. The number of benzene rings is 2. The van der Waals surface area contributed by atoms with E-state index < -0.39 is 0 Å². The number of carbonyl (C=O) groups is 1. The van der Waals surface area contributed by atoms with Crippen LogP contribution < -0.4 is 4.74 Å². The van der Waals surface area contributed by atoms with E-state index in [-0.39, 0.29) is 5.78 Å². The lowest BCUT2D eigenvalue weighted by molar-refractivity contribution is 0.104. The molecule has 108 valence electrons. The molecule has 0 heterocycles. The van der Waals surface area contributed by atoms with Crippen molar-refractivity contribution in [3.05, 3.63) is 70.8 Å². The summed E-state index contributed by atoms with van der Waals surface area (Å²) < 4.78 is 5.39. The van der Waals surface area contributed by atoms with E-state index in [4.69, 9.17) is 4.74 Å². The quantitative estimate of drug-likeness (QED) is 0.591. The van der Waals surface area contributed by atoms with Crippen LogP contribution in [0.15, 0.2) is 48.5 Å². The molecule has 0 N–H and O–H groups in total. The zero-order valence-corrected chi connectivity index (χ0v) is 12.7. The van der Waals surface area contributed by atoms with Crippen molar-refractivity contribution in [2.45, 2.75) is 20.8 Å². The second-order valence-electron chi connectivity index (χ2n) is 5.02. The Labute approximate surface area is 126 Å². The van der Waals surface area contributed by atoms with Crippen LogP contribution in [0.4, 0.5) is 0 Å². The summed E-state index contributed by atoms with van der Waals surface area (Å²) in [6, 6.07) is 13.6. The Kier molecular flexibility index (Phi) is 4.94. The number of hydrogen-bond donors (Lipinski definition) is 0. The molecule has 0 fully saturated rings. The molecule has 0 amide bonds. The van der Waals surface area contributed by atoms with Crippen molar-refractivity contribution in [2.24, 2.45) is 0 Å². The van der Waals surface area contributed by atoms with Crippen molar-refractivity contribution in [3.63, 3.8) is 0 Å². The van der Waals surface area contributed by atoms with Gasteiger partial charge >= 0.3 is 0 Å². The standard InChI is InChI=1S/C19H20O2/c1-4-21-17-10-7-16(8-11-17)9-12-19(20)18-13-14(2)5-6-15(18)3/h5-13H,4H2,1-3H3/b12-9+. The maximum Gasteiger partial charge on any atom is 0.186 e. The van der Waals surface area contributed by atoms with Gasteiger partial charge in [-0.3, -0.25) is 4.79 Å². The lowest BCUT2D eigenvalue weighted by Crippen LogP contribution is -1.98. The van der Waals surface area contributed by atoms with Crippen molar-refractivity contribution < 1.29 is 9.53 Å². The summed E-state index contributed by atoms with van der Waals surface area (Å²) >= 11 is 0. The first-order valence-corrected chi connectivity index (χ1v) is 7.12. The summed E-state index contributed by atoms with van der Waals surface area (Å²) in [7, 11) is 0. The van der Waals surface area contributed by atoms with Crippen LogP contribution in [0.2, 0.25) is 0 Å². The molecule has 0 spiro atoms. The fourth-order valence-corrected chi connectivity index (χ4v) is 2.10. The van der Waals surface area contributed by atoms with Crippen LogP contribution in [0.5, 0.6) is 5.75 Å². The van der Waals surface area contributed by atoms with E-state index in [1.54, 1.807) is 6.08 Å². The monoisotopic (exact) mass is 280 g/mol. The first-order chi connectivity index (χ1) is 10.1. The third-order valence-electron chi connectivity index (χ3n) is 3.28. The Morgan fingerprint density at radius 2 is 1.81 bits per heavy atom. The van der Waals surface area contributed by atoms with Crippen molar-refractivity contribution in [2.75, 3.05) is 6.61 Å². The van der Waals surface area contributed by atoms with Gasteiger partial charge in [-0.1, -0.05) is 35.9 Å². The van der Waals surface area contributed by atoms with E-state index in [1.165, 1.54) is 0 Å². The summed E-state index contributed by atoms with van der Waals surface area (Å²) in [5.41, 5.74) is 3.84. The molecule has 2 rings (SSSR count). The Bertz CT molecular complexity index is 652. The van der Waals surface area contributed by atoms with E-state index in [1.807, 2.05) is 69.3 Å². The van der Waals surface area contributed by atoms with Crippen LogP contribution in [0.3, 0.4) is 0 Å². The lowest BCUT2D eigenvalue weighted by Gasteiger charge is -2.04. The van der Waals surface area contributed by atoms with Gasteiger partial charge in [0, 0.05) is 5.56 Å². The fourth-order valence-electron chi connectivity index (χ4n) is 2.10. The zero-order valence-electron chi connectivity index (χ0n) is 12.7. The molecule has 0 bridgehead atoms. The number of ether oxygens (including phenoxy) is 1. The highest BCUT2D eigenvalue weighted by atomic mass is 16.5. The Balaban J connectivity index is 2.13. The minimum Gasteiger partial charge on any atom is -0.494 e. The predicted octanol–water partition coefficient (Wildman–Crippen LogP) is 4.60. The van der Waals surface area contributed by atoms with E-state index in [0.29, 0.717) is 6.61 Å². The molecule has 2 heteroatoms. The SMILES string of the molecule is CCOc1ccc(/C=C/C(=O)c2cc(C)ccc2C)cc1. The average molecular weight is 280 g/mol. The van der Waals surface area contributed by atoms with Gasteiger partial charge in [-0.05, 0) is 56.2 Å². The van der Waals surface area contributed by atoms with Gasteiger partial charge < -0.3 is 4.74 Å². The molecule has 0 radical (unpaired) electrons. The third-order valence-corrected chi connectivity index (χ3v) is 3.28. The molecule has 0 aliphatic carbocycles. The van der Waals surface area contributed by atoms with Crippen LogP contribution in [0, 0.1) is 13.8 Å². The Morgan fingerprint density at radius 3 is 2.48 bits per heavy atom. The summed E-state index contributed by atoms with van der Waals surface area (Å²) in [4.78, 5) is 12.2. The van der Waals surface area contributed by atoms with Crippen molar-refractivity contribution in [3.8, 4) is 5.75 Å². The minimum absolute atomic E-state index is 0.0325. The number of hydrogen-bond acceptors (Lipinski definition) is 2. The van der Waals surface area contributed by atoms with Crippen LogP contribution in [-0.2, 0) is 0 Å². The molecular weight excluding hydrogens is 260 g/mol. The molecule has 2 aromatic carbocycles. The van der Waals surface area contributed by atoms with Crippen molar-refractivity contribution >= 4 is 11.9 Å². The smallest absolute Gasteiger partial charge is 0.186 e. The van der Waals surface area contributed by atoms with Crippen LogP contribution >= 0.6 is 0 Å². The lowest BCUT2D eigenvalue weighted by atomic mass is 10.0. The molecule has 2 nitrogen and oxygen atoms in total. The van der Waals surface area contributed by atoms with Gasteiger partial charge in [0.2, 0.25) is 0 Å². The molecule has 0 saturated carbocycles. The molecule has 0 atom stereocenters. The highest BCUT2D eigenvalue weighted by molar-refractivity contribution is 6.07. The summed E-state index contributed by atoms with van der Waals surface area (Å²) in [6.07, 6.45) is 3.46. The minimum atomic E-state index is 0.0325. The molecule has 0 saturated heterocycles. The van der Waals surface area contributed by atoms with Crippen LogP contribution in [0.25, 0.3) is 6.08 Å². The largest absolute Gasteiger partial charge is 0.494 e. The molecular formula is C19H20O2. The summed E-state index contributed by atoms with van der Waals surface area (Å²) in [5, 5.41) is 0. The predicted molar refractivity (Wildman–Crippen MR) is 86.9 cm³/mol. The number of aryl methyl sites for hydroxylation is 2. The maximum absolute atomic E-state index is 12.2. The maximum atomic E-state index is 12.2. The second-order valence-corrected chi connectivity index (χ2v) is 5.02. The second kappa shape index (κ2) is 6.89. The Hall–Kier alpha value is -2.35. The number of rotatable bonds is 5. The third kappa shape index (κ3) is 4.06. The van der Waals surface area contributed by atoms with E-state index in [2.05, 4.69) is 0 Å². The molecule has 0 aliphatic rings. The van der Waals surface area contributed by atoms with Gasteiger partial charge in [0.1, 0.15) is 5.75 Å². The van der Waals surface area contributed by atoms with Gasteiger partial charge in [-0.25, -0.2) is 0 Å². The zero-order chi connectivity index (χ0) is 15.2. The molecule has 0 aliphatic heterocycles. The van der Waals surface area contributed by atoms with Crippen molar-refractivity contribution in [1.29, 1.82) is 0 Å². The number of ketones is 1. The van der Waals surface area contributed by atoms with E-state index >= 15 is 0 Å². The molecule has 21 heavy (non-hydrogen) atoms. The average Bonchev–Trinajstić information content (AvgIpc) is 2.49. The molecule has 2 aromatic rings. The first kappa shape index (κ1) is 15.0. The van der Waals surface area contributed by atoms with Gasteiger partial charge in [-0.15, -0.1) is 0 Å². The van der Waals surface area contributed by atoms with Gasteiger partial charge in [0.05, 0.1) is 6.61 Å². The molecule has 0 unspecified atom stereocenters. The number of allylic oxidation sites excluding steroid dienone is 1. The van der Waals surface area contributed by atoms with E-state index in [0.717, 1.165) is 28.0 Å². The molecule has 0 aromatic heterocycles. The highest BCUT2D eigenvalue weighted by Crippen LogP contribution is 2.15. The van der Waals surface area contributed by atoms with Crippen LogP contribution in [-0.4, -0.2) is 12.4 Å². The van der Waals surface area contributed by atoms with Crippen molar-refractivity contribution in [1.82, 2.24) is 0 Å². The first-order valence-electron chi connectivity index (χ1n) is 7.12. The highest BCUT2D eigenvalue weighted by Gasteiger charge is 2.05. The van der Waals surface area contributed by atoms with Gasteiger partial charge in [0.15, 0.2) is 5.78 Å². The topological polar surface area (TPSA) is 26.3 Å². The number of carbonyl (C=O) groups excluding carboxylic acids is 1. The fraction of sp³-hybridized carbons (Fsp3) is 0.211. The summed E-state index contributed by atoms with van der Waals surface area (Å²) in [6.45, 7) is 6.56. The normalized spacial score (nSPS) is 10.8. The van der Waals surface area contributed by atoms with Gasteiger partial charge in [-0.2, -0.15) is 0 Å². The van der Waals surface area contributed by atoms with E-state index in [9.17, 15) is 4.79 Å². The van der Waals surface area contributed by atoms with Crippen LogP contribution in [0.1, 0.15) is 34.0 Å².